The Morgan fingerprint density at radius 2 is 2.05 bits per heavy atom. The Morgan fingerprint density at radius 1 is 1.24 bits per heavy atom. The van der Waals surface area contributed by atoms with Crippen LogP contribution in [0.4, 0.5) is 10.5 Å². The molecule has 0 saturated carbocycles. The van der Waals surface area contributed by atoms with Crippen molar-refractivity contribution in [1.29, 1.82) is 0 Å². The number of rotatable bonds is 4. The zero-order chi connectivity index (χ0) is 15.2. The maximum absolute atomic E-state index is 11.8. The molecule has 1 aromatic carbocycles. The summed E-state index contributed by atoms with van der Waals surface area (Å²) >= 11 is 5.91. The molecule has 2 aromatic rings. The van der Waals surface area contributed by atoms with Crippen LogP contribution in [-0.2, 0) is 6.54 Å². The molecule has 2 amide bonds. The number of aromatic carboxylic acids is 1. The molecule has 0 fully saturated rings. The normalized spacial score (nSPS) is 9.95. The van der Waals surface area contributed by atoms with Gasteiger partial charge in [0.25, 0.3) is 0 Å². The third-order valence-electron chi connectivity index (χ3n) is 2.62. The lowest BCUT2D eigenvalue weighted by Gasteiger charge is -2.09. The SMILES string of the molecule is O=C(NCc1ccccn1)Nc1cc(C(=O)O)ccc1Cl. The highest BCUT2D eigenvalue weighted by atomic mass is 35.5. The minimum absolute atomic E-state index is 0.0411. The van der Waals surface area contributed by atoms with Gasteiger partial charge in [0.1, 0.15) is 0 Å². The minimum atomic E-state index is -1.09. The predicted octanol–water partition coefficient (Wildman–Crippen LogP) is 2.75. The van der Waals surface area contributed by atoms with E-state index in [-0.39, 0.29) is 22.8 Å². The van der Waals surface area contributed by atoms with Gasteiger partial charge >= 0.3 is 12.0 Å². The number of pyridine rings is 1. The number of carbonyl (C=O) groups is 2. The van der Waals surface area contributed by atoms with Gasteiger partial charge in [-0.3, -0.25) is 4.98 Å². The molecule has 2 rings (SSSR count). The van der Waals surface area contributed by atoms with E-state index in [0.717, 1.165) is 0 Å². The van der Waals surface area contributed by atoms with Crippen LogP contribution in [0.2, 0.25) is 5.02 Å². The van der Waals surface area contributed by atoms with Crippen LogP contribution >= 0.6 is 11.6 Å². The molecule has 7 heteroatoms. The van der Waals surface area contributed by atoms with Crippen molar-refractivity contribution in [1.82, 2.24) is 10.3 Å². The Balaban J connectivity index is 1.99. The molecule has 0 aliphatic carbocycles. The first kappa shape index (κ1) is 14.8. The van der Waals surface area contributed by atoms with E-state index in [0.29, 0.717) is 5.69 Å². The number of nitrogens with one attached hydrogen (secondary N) is 2. The van der Waals surface area contributed by atoms with Crippen molar-refractivity contribution < 1.29 is 14.7 Å². The zero-order valence-corrected chi connectivity index (χ0v) is 11.6. The fourth-order valence-corrected chi connectivity index (χ4v) is 1.76. The highest BCUT2D eigenvalue weighted by Crippen LogP contribution is 2.23. The molecule has 0 radical (unpaired) electrons. The Kier molecular flexibility index (Phi) is 4.73. The molecule has 0 atom stereocenters. The van der Waals surface area contributed by atoms with E-state index in [2.05, 4.69) is 15.6 Å². The molecule has 0 aliphatic heterocycles. The Hall–Kier alpha value is -2.60. The Morgan fingerprint density at radius 3 is 2.71 bits per heavy atom. The van der Waals surface area contributed by atoms with Gasteiger partial charge in [-0.25, -0.2) is 9.59 Å². The number of benzene rings is 1. The van der Waals surface area contributed by atoms with Crippen LogP contribution in [0, 0.1) is 0 Å². The highest BCUT2D eigenvalue weighted by Gasteiger charge is 2.10. The van der Waals surface area contributed by atoms with E-state index in [9.17, 15) is 9.59 Å². The van der Waals surface area contributed by atoms with Gasteiger partial charge in [-0.05, 0) is 30.3 Å². The standard InChI is InChI=1S/C14H12ClN3O3/c15-11-5-4-9(13(19)20)7-12(11)18-14(21)17-8-10-3-1-2-6-16-10/h1-7H,8H2,(H,19,20)(H2,17,18,21). The first-order chi connectivity index (χ1) is 10.1. The number of amides is 2. The van der Waals surface area contributed by atoms with E-state index >= 15 is 0 Å². The van der Waals surface area contributed by atoms with Gasteiger partial charge in [-0.2, -0.15) is 0 Å². The van der Waals surface area contributed by atoms with Crippen molar-refractivity contribution in [2.24, 2.45) is 0 Å². The summed E-state index contributed by atoms with van der Waals surface area (Å²) in [6, 6.07) is 8.95. The van der Waals surface area contributed by atoms with Crippen LogP contribution in [0.15, 0.2) is 42.6 Å². The summed E-state index contributed by atoms with van der Waals surface area (Å²) in [6.45, 7) is 0.253. The van der Waals surface area contributed by atoms with Crippen molar-refractivity contribution in [3.63, 3.8) is 0 Å². The minimum Gasteiger partial charge on any atom is -0.478 e. The molecular formula is C14H12ClN3O3. The number of aromatic nitrogens is 1. The second kappa shape index (κ2) is 6.71. The lowest BCUT2D eigenvalue weighted by molar-refractivity contribution is 0.0697. The van der Waals surface area contributed by atoms with Crippen LogP contribution in [-0.4, -0.2) is 22.1 Å². The van der Waals surface area contributed by atoms with Gasteiger partial charge in [0.2, 0.25) is 0 Å². The first-order valence-electron chi connectivity index (χ1n) is 6.04. The molecule has 0 bridgehead atoms. The zero-order valence-electron chi connectivity index (χ0n) is 10.8. The fraction of sp³-hybridized carbons (Fsp3) is 0.0714. The van der Waals surface area contributed by atoms with Crippen LogP contribution in [0.1, 0.15) is 16.1 Å². The Labute approximate surface area is 125 Å². The van der Waals surface area contributed by atoms with Gasteiger partial charge in [-0.15, -0.1) is 0 Å². The number of carboxylic acids is 1. The van der Waals surface area contributed by atoms with Gasteiger partial charge in [0.15, 0.2) is 0 Å². The van der Waals surface area contributed by atoms with Crippen LogP contribution in [0.5, 0.6) is 0 Å². The average molecular weight is 306 g/mol. The molecule has 0 saturated heterocycles. The van der Waals surface area contributed by atoms with Crippen molar-refractivity contribution in [2.75, 3.05) is 5.32 Å². The first-order valence-corrected chi connectivity index (χ1v) is 6.41. The molecule has 1 aromatic heterocycles. The number of nitrogens with zero attached hydrogens (tertiary/aromatic N) is 1. The number of anilines is 1. The van der Waals surface area contributed by atoms with E-state index in [4.69, 9.17) is 16.7 Å². The second-order valence-electron chi connectivity index (χ2n) is 4.13. The van der Waals surface area contributed by atoms with Crippen molar-refractivity contribution >= 4 is 29.3 Å². The van der Waals surface area contributed by atoms with E-state index < -0.39 is 12.0 Å². The Bertz CT molecular complexity index is 662. The van der Waals surface area contributed by atoms with E-state index in [1.807, 2.05) is 6.07 Å². The highest BCUT2D eigenvalue weighted by molar-refractivity contribution is 6.33. The summed E-state index contributed by atoms with van der Waals surface area (Å²) in [5.74, 6) is -1.09. The average Bonchev–Trinajstić information content (AvgIpc) is 2.48. The summed E-state index contributed by atoms with van der Waals surface area (Å²) in [5, 5.41) is 14.3. The summed E-state index contributed by atoms with van der Waals surface area (Å²) < 4.78 is 0. The maximum Gasteiger partial charge on any atom is 0.335 e. The van der Waals surface area contributed by atoms with Crippen LogP contribution in [0.3, 0.4) is 0 Å². The number of carboxylic acid groups (broad SMARTS) is 1. The second-order valence-corrected chi connectivity index (χ2v) is 4.54. The number of carbonyl (C=O) groups excluding carboxylic acids is 1. The van der Waals surface area contributed by atoms with Crippen LogP contribution in [0.25, 0.3) is 0 Å². The van der Waals surface area contributed by atoms with Crippen molar-refractivity contribution in [2.45, 2.75) is 6.54 Å². The summed E-state index contributed by atoms with van der Waals surface area (Å²) in [4.78, 5) is 26.7. The molecule has 21 heavy (non-hydrogen) atoms. The molecule has 6 nitrogen and oxygen atoms in total. The number of hydrogen-bond donors (Lipinski definition) is 3. The van der Waals surface area contributed by atoms with Gasteiger partial charge in [0.05, 0.1) is 28.5 Å². The third kappa shape index (κ3) is 4.19. The summed E-state index contributed by atoms with van der Waals surface area (Å²) in [7, 11) is 0. The smallest absolute Gasteiger partial charge is 0.335 e. The van der Waals surface area contributed by atoms with E-state index in [1.54, 1.807) is 18.3 Å². The van der Waals surface area contributed by atoms with Gasteiger partial charge in [-0.1, -0.05) is 17.7 Å². The molecule has 108 valence electrons. The molecule has 1 heterocycles. The topological polar surface area (TPSA) is 91.3 Å². The lowest BCUT2D eigenvalue weighted by Crippen LogP contribution is -2.28. The quantitative estimate of drug-likeness (QED) is 0.810. The van der Waals surface area contributed by atoms with Gasteiger partial charge in [0, 0.05) is 6.20 Å². The lowest BCUT2D eigenvalue weighted by atomic mass is 10.2. The number of halogens is 1. The maximum atomic E-state index is 11.8. The molecular weight excluding hydrogens is 294 g/mol. The van der Waals surface area contributed by atoms with Crippen molar-refractivity contribution in [3.8, 4) is 0 Å². The monoisotopic (exact) mass is 305 g/mol. The number of urea groups is 1. The van der Waals surface area contributed by atoms with Crippen molar-refractivity contribution in [3.05, 3.63) is 58.9 Å². The number of hydrogen-bond acceptors (Lipinski definition) is 3. The molecule has 0 unspecified atom stereocenters. The fourth-order valence-electron chi connectivity index (χ4n) is 1.59. The molecule has 0 spiro atoms. The summed E-state index contributed by atoms with van der Waals surface area (Å²) in [5.41, 5.74) is 0.979. The molecule has 3 N–H and O–H groups in total. The predicted molar refractivity (Wildman–Crippen MR) is 78.5 cm³/mol. The third-order valence-corrected chi connectivity index (χ3v) is 2.95. The largest absolute Gasteiger partial charge is 0.478 e. The molecule has 0 aliphatic rings. The van der Waals surface area contributed by atoms with Gasteiger partial charge < -0.3 is 15.7 Å². The van der Waals surface area contributed by atoms with E-state index in [1.165, 1.54) is 18.2 Å². The summed E-state index contributed by atoms with van der Waals surface area (Å²) in [6.07, 6.45) is 1.63. The van der Waals surface area contributed by atoms with Crippen LogP contribution < -0.4 is 10.6 Å².